The van der Waals surface area contributed by atoms with Gasteiger partial charge in [0, 0.05) is 29.3 Å². The molecule has 192 valence electrons. The summed E-state index contributed by atoms with van der Waals surface area (Å²) in [7, 11) is 0. The van der Waals surface area contributed by atoms with E-state index in [9.17, 15) is 19.2 Å². The van der Waals surface area contributed by atoms with Crippen LogP contribution < -0.4 is 5.32 Å². The quantitative estimate of drug-likeness (QED) is 0.360. The summed E-state index contributed by atoms with van der Waals surface area (Å²) in [5.41, 5.74) is 2.84. The van der Waals surface area contributed by atoms with Gasteiger partial charge in [0.15, 0.2) is 11.5 Å². The van der Waals surface area contributed by atoms with Crippen LogP contribution in [0.3, 0.4) is 0 Å². The van der Waals surface area contributed by atoms with Gasteiger partial charge in [-0.3, -0.25) is 14.4 Å². The van der Waals surface area contributed by atoms with E-state index in [1.54, 1.807) is 6.07 Å². The molecule has 0 radical (unpaired) electrons. The first-order chi connectivity index (χ1) is 18.2. The number of Topliss-reactive ketones (excluding diaryl/α,β-unsaturated/α-hetero) is 1. The lowest BCUT2D eigenvalue weighted by atomic mass is 9.96. The second-order valence-electron chi connectivity index (χ2n) is 9.70. The number of ketones is 2. The number of fused-ring (bicyclic) bond motifs is 4. The number of hydrogen-bond acceptors (Lipinski definition) is 7. The van der Waals surface area contributed by atoms with Gasteiger partial charge in [-0.1, -0.05) is 32.0 Å². The van der Waals surface area contributed by atoms with Gasteiger partial charge in [-0.2, -0.15) is 0 Å². The van der Waals surface area contributed by atoms with Gasteiger partial charge in [-0.15, -0.1) is 0 Å². The van der Waals surface area contributed by atoms with Crippen molar-refractivity contribution in [1.29, 1.82) is 0 Å². The minimum Gasteiger partial charge on any atom is -0.461 e. The van der Waals surface area contributed by atoms with Crippen LogP contribution in [0.4, 0.5) is 0 Å². The normalized spacial score (nSPS) is 13.1. The third kappa shape index (κ3) is 4.36. The highest BCUT2D eigenvalue weighted by Crippen LogP contribution is 2.36. The Morgan fingerprint density at radius 1 is 1.05 bits per heavy atom. The second-order valence-corrected chi connectivity index (χ2v) is 9.70. The zero-order valence-corrected chi connectivity index (χ0v) is 21.5. The van der Waals surface area contributed by atoms with Crippen LogP contribution in [0.1, 0.15) is 64.1 Å². The number of hydrogen-bond donors (Lipinski definition) is 2. The Morgan fingerprint density at radius 2 is 1.82 bits per heavy atom. The molecule has 3 aromatic heterocycles. The van der Waals surface area contributed by atoms with Crippen molar-refractivity contribution in [3.63, 3.8) is 0 Å². The van der Waals surface area contributed by atoms with Gasteiger partial charge in [0.2, 0.25) is 11.7 Å². The van der Waals surface area contributed by atoms with Crippen molar-refractivity contribution in [2.75, 3.05) is 6.61 Å². The molecule has 9 heteroatoms. The fourth-order valence-electron chi connectivity index (χ4n) is 4.57. The fraction of sp³-hybridized carbons (Fsp3) is 0.241. The highest BCUT2D eigenvalue weighted by molar-refractivity contribution is 6.24. The summed E-state index contributed by atoms with van der Waals surface area (Å²) >= 11 is 0. The van der Waals surface area contributed by atoms with Gasteiger partial charge in [-0.05, 0) is 43.0 Å². The van der Waals surface area contributed by atoms with Gasteiger partial charge < -0.3 is 15.0 Å². The maximum Gasteiger partial charge on any atom is 0.357 e. The SMILES string of the molecule is CC(=O)NC1=CC(=O)c2ccc(-c3nc(C(=O)OCCC(C)C)c(C)c4c3[nH]c3ccccc34)nc2C1=O. The number of benzene rings is 1. The van der Waals surface area contributed by atoms with E-state index in [0.717, 1.165) is 28.8 Å². The Hall–Kier alpha value is -4.66. The number of nitrogens with one attached hydrogen (secondary N) is 2. The summed E-state index contributed by atoms with van der Waals surface area (Å²) in [5.74, 6) is -1.66. The number of nitrogens with zero attached hydrogens (tertiary/aromatic N) is 2. The van der Waals surface area contributed by atoms with Crippen molar-refractivity contribution in [3.8, 4) is 11.4 Å². The van der Waals surface area contributed by atoms with E-state index in [4.69, 9.17) is 4.74 Å². The first-order valence-corrected chi connectivity index (χ1v) is 12.3. The van der Waals surface area contributed by atoms with Gasteiger partial charge in [0.25, 0.3) is 0 Å². The first kappa shape index (κ1) is 25.0. The lowest BCUT2D eigenvalue weighted by Gasteiger charge is -2.16. The van der Waals surface area contributed by atoms with E-state index >= 15 is 0 Å². The minimum atomic E-state index is -0.579. The lowest BCUT2D eigenvalue weighted by molar-refractivity contribution is -0.118. The number of aromatic amines is 1. The van der Waals surface area contributed by atoms with Crippen LogP contribution in [0.5, 0.6) is 0 Å². The Kier molecular flexibility index (Phi) is 6.36. The van der Waals surface area contributed by atoms with Crippen molar-refractivity contribution in [3.05, 3.63) is 70.7 Å². The van der Waals surface area contributed by atoms with Crippen LogP contribution in [0.2, 0.25) is 0 Å². The van der Waals surface area contributed by atoms with Crippen LogP contribution in [-0.4, -0.2) is 45.0 Å². The number of allylic oxidation sites excluding steroid dienone is 2. The van der Waals surface area contributed by atoms with E-state index in [1.807, 2.05) is 45.0 Å². The van der Waals surface area contributed by atoms with Crippen LogP contribution in [0.25, 0.3) is 33.2 Å². The van der Waals surface area contributed by atoms with E-state index < -0.39 is 23.4 Å². The van der Waals surface area contributed by atoms with Gasteiger partial charge in [0.1, 0.15) is 11.4 Å². The third-order valence-corrected chi connectivity index (χ3v) is 6.47. The summed E-state index contributed by atoms with van der Waals surface area (Å²) in [6.07, 6.45) is 1.82. The molecule has 2 N–H and O–H groups in total. The summed E-state index contributed by atoms with van der Waals surface area (Å²) < 4.78 is 5.54. The topological polar surface area (TPSA) is 131 Å². The van der Waals surface area contributed by atoms with Crippen LogP contribution in [0, 0.1) is 12.8 Å². The molecule has 9 nitrogen and oxygen atoms in total. The maximum absolute atomic E-state index is 13.1. The van der Waals surface area contributed by atoms with E-state index in [1.165, 1.54) is 13.0 Å². The Balaban J connectivity index is 1.69. The molecule has 0 spiro atoms. The Bertz CT molecular complexity index is 1700. The van der Waals surface area contributed by atoms with Gasteiger partial charge in [-0.25, -0.2) is 14.8 Å². The van der Waals surface area contributed by atoms with E-state index in [-0.39, 0.29) is 29.3 Å². The number of rotatable bonds is 6. The molecule has 38 heavy (non-hydrogen) atoms. The molecule has 1 aliphatic carbocycles. The largest absolute Gasteiger partial charge is 0.461 e. The minimum absolute atomic E-state index is 0.0913. The van der Waals surface area contributed by atoms with Crippen molar-refractivity contribution < 1.29 is 23.9 Å². The molecule has 0 fully saturated rings. The fourth-order valence-corrected chi connectivity index (χ4v) is 4.57. The number of carbonyl (C=O) groups is 4. The number of esters is 1. The molecular formula is C29H26N4O5. The van der Waals surface area contributed by atoms with E-state index in [0.29, 0.717) is 28.4 Å². The van der Waals surface area contributed by atoms with Crippen molar-refractivity contribution in [1.82, 2.24) is 20.3 Å². The van der Waals surface area contributed by atoms with Gasteiger partial charge in [0.05, 0.1) is 29.1 Å². The molecule has 1 amide bonds. The summed E-state index contributed by atoms with van der Waals surface area (Å²) in [5, 5.41) is 4.09. The number of pyridine rings is 2. The molecule has 0 saturated heterocycles. The second kappa shape index (κ2) is 9.66. The molecule has 1 aromatic carbocycles. The first-order valence-electron chi connectivity index (χ1n) is 12.3. The standard InChI is InChI=1S/C29H26N4O5/c1-14(2)11-12-38-29(37)24-15(3)23-17-7-5-6-8-19(17)31-27(23)26(33-24)20-10-9-18-22(35)13-21(30-16(4)34)28(36)25(18)32-20/h5-10,13-14,31H,11-12H2,1-4H3,(H,30,34). The third-order valence-electron chi connectivity index (χ3n) is 6.47. The maximum atomic E-state index is 13.1. The van der Waals surface area contributed by atoms with Crippen molar-refractivity contribution in [2.24, 2.45) is 5.92 Å². The smallest absolute Gasteiger partial charge is 0.357 e. The molecular weight excluding hydrogens is 484 g/mol. The average molecular weight is 511 g/mol. The Morgan fingerprint density at radius 3 is 2.55 bits per heavy atom. The molecule has 5 rings (SSSR count). The number of amides is 1. The highest BCUT2D eigenvalue weighted by Gasteiger charge is 2.29. The molecule has 0 bridgehead atoms. The van der Waals surface area contributed by atoms with Gasteiger partial charge >= 0.3 is 5.97 Å². The molecule has 1 aliphatic rings. The number of aryl methyl sites for hydroxylation is 1. The lowest BCUT2D eigenvalue weighted by Crippen LogP contribution is -2.30. The highest BCUT2D eigenvalue weighted by atomic mass is 16.5. The van der Waals surface area contributed by atoms with E-state index in [2.05, 4.69) is 20.3 Å². The molecule has 0 aliphatic heterocycles. The molecule has 0 saturated carbocycles. The number of para-hydroxylation sites is 1. The molecule has 0 atom stereocenters. The van der Waals surface area contributed by atoms with Crippen LogP contribution in [-0.2, 0) is 9.53 Å². The number of H-pyrrole nitrogens is 1. The predicted molar refractivity (Wildman–Crippen MR) is 142 cm³/mol. The zero-order chi connectivity index (χ0) is 27.1. The van der Waals surface area contributed by atoms with Crippen LogP contribution >= 0.6 is 0 Å². The monoisotopic (exact) mass is 510 g/mol. The van der Waals surface area contributed by atoms with Crippen LogP contribution in [0.15, 0.2) is 48.2 Å². The Labute approximate surface area is 218 Å². The molecule has 0 unspecified atom stereocenters. The van der Waals surface area contributed by atoms with Crippen molar-refractivity contribution in [2.45, 2.75) is 34.1 Å². The predicted octanol–water partition coefficient (Wildman–Crippen LogP) is 4.69. The zero-order valence-electron chi connectivity index (χ0n) is 21.5. The molecule has 3 heterocycles. The number of ether oxygens (including phenoxy) is 1. The number of carbonyl (C=O) groups excluding carboxylic acids is 4. The summed E-state index contributed by atoms with van der Waals surface area (Å²) in [6, 6.07) is 10.8. The summed E-state index contributed by atoms with van der Waals surface area (Å²) in [4.78, 5) is 63.0. The average Bonchev–Trinajstić information content (AvgIpc) is 3.26. The molecule has 4 aromatic rings. The number of aromatic nitrogens is 3. The summed E-state index contributed by atoms with van der Waals surface area (Å²) in [6.45, 7) is 7.44. The van der Waals surface area contributed by atoms with Crippen molar-refractivity contribution >= 4 is 45.2 Å².